The molecule has 1 aliphatic rings. The molecule has 1 heterocycles. The van der Waals surface area contributed by atoms with Crippen LogP contribution in [0, 0.1) is 0 Å². The quantitative estimate of drug-likeness (QED) is 0.738. The zero-order valence-electron chi connectivity index (χ0n) is 13.8. The predicted octanol–water partition coefficient (Wildman–Crippen LogP) is 0.617. The minimum atomic E-state index is -0.505. The van der Waals surface area contributed by atoms with Crippen molar-refractivity contribution < 1.29 is 23.9 Å². The van der Waals surface area contributed by atoms with E-state index in [4.69, 9.17) is 9.47 Å². The Morgan fingerprint density at radius 2 is 2.00 bits per heavy atom. The third kappa shape index (κ3) is 4.15. The van der Waals surface area contributed by atoms with E-state index in [-0.39, 0.29) is 25.7 Å². The van der Waals surface area contributed by atoms with Gasteiger partial charge >= 0.3 is 12.0 Å². The smallest absolute Gasteiger partial charge is 0.325 e. The van der Waals surface area contributed by atoms with Gasteiger partial charge in [-0.15, -0.1) is 0 Å². The predicted molar refractivity (Wildman–Crippen MR) is 87.0 cm³/mol. The molecule has 1 N–H and O–H groups in total. The first-order valence-electron chi connectivity index (χ1n) is 7.68. The Labute approximate surface area is 140 Å². The van der Waals surface area contributed by atoms with E-state index in [0.717, 1.165) is 0 Å². The highest BCUT2D eigenvalue weighted by atomic mass is 16.5. The van der Waals surface area contributed by atoms with E-state index >= 15 is 0 Å². The number of esters is 1. The van der Waals surface area contributed by atoms with Gasteiger partial charge in [-0.05, 0) is 19.1 Å². The van der Waals surface area contributed by atoms with Gasteiger partial charge in [0.1, 0.15) is 18.8 Å². The molecule has 0 aromatic heterocycles. The second-order valence-corrected chi connectivity index (χ2v) is 5.11. The summed E-state index contributed by atoms with van der Waals surface area (Å²) < 4.78 is 9.99. The number of rotatable bonds is 7. The van der Waals surface area contributed by atoms with E-state index in [1.807, 2.05) is 12.1 Å². The number of nitrogens with zero attached hydrogens (tertiary/aromatic N) is 2. The van der Waals surface area contributed by atoms with Gasteiger partial charge in [0, 0.05) is 13.1 Å². The van der Waals surface area contributed by atoms with Crippen LogP contribution in [0.4, 0.5) is 10.5 Å². The van der Waals surface area contributed by atoms with Crippen LogP contribution in [0.25, 0.3) is 0 Å². The van der Waals surface area contributed by atoms with Crippen LogP contribution < -0.4 is 15.0 Å². The monoisotopic (exact) mass is 335 g/mol. The Bertz CT molecular complexity index is 619. The SMILES string of the molecule is CCOC(=O)CNC(=O)CN1CCN(c2ccccc2OC)C1=O. The largest absolute Gasteiger partial charge is 0.495 e. The lowest BCUT2D eigenvalue weighted by molar-refractivity contribution is -0.143. The number of carbonyl (C=O) groups is 3. The van der Waals surface area contributed by atoms with Crippen molar-refractivity contribution in [2.24, 2.45) is 0 Å². The van der Waals surface area contributed by atoms with Crippen LogP contribution in [0.1, 0.15) is 6.92 Å². The van der Waals surface area contributed by atoms with Gasteiger partial charge in [-0.1, -0.05) is 12.1 Å². The van der Waals surface area contributed by atoms with Crippen molar-refractivity contribution in [3.8, 4) is 5.75 Å². The first-order valence-corrected chi connectivity index (χ1v) is 7.68. The number of urea groups is 1. The summed E-state index contributed by atoms with van der Waals surface area (Å²) >= 11 is 0. The first kappa shape index (κ1) is 17.6. The zero-order valence-corrected chi connectivity index (χ0v) is 13.8. The number of benzene rings is 1. The van der Waals surface area contributed by atoms with E-state index in [9.17, 15) is 14.4 Å². The van der Waals surface area contributed by atoms with Gasteiger partial charge in [-0.25, -0.2) is 4.79 Å². The molecule has 0 spiro atoms. The fourth-order valence-electron chi connectivity index (χ4n) is 2.42. The van der Waals surface area contributed by atoms with Crippen LogP contribution in [0.15, 0.2) is 24.3 Å². The molecule has 1 fully saturated rings. The molecule has 0 saturated carbocycles. The van der Waals surface area contributed by atoms with Crippen molar-refractivity contribution in [3.05, 3.63) is 24.3 Å². The van der Waals surface area contributed by atoms with E-state index in [1.165, 1.54) is 4.90 Å². The van der Waals surface area contributed by atoms with Crippen LogP contribution in [-0.2, 0) is 14.3 Å². The molecular formula is C16H21N3O5. The molecule has 8 nitrogen and oxygen atoms in total. The number of nitrogens with one attached hydrogen (secondary N) is 1. The third-order valence-electron chi connectivity index (χ3n) is 3.54. The van der Waals surface area contributed by atoms with Crippen molar-refractivity contribution >= 4 is 23.6 Å². The number of hydrogen-bond acceptors (Lipinski definition) is 5. The van der Waals surface area contributed by atoms with Crippen molar-refractivity contribution in [3.63, 3.8) is 0 Å². The standard InChI is InChI=1S/C16H21N3O5/c1-3-24-15(21)10-17-14(20)11-18-8-9-19(16(18)22)12-6-4-5-7-13(12)23-2/h4-7H,3,8-11H2,1-2H3,(H,17,20). The number of carbonyl (C=O) groups excluding carboxylic acids is 3. The minimum Gasteiger partial charge on any atom is -0.495 e. The molecule has 0 bridgehead atoms. The van der Waals surface area contributed by atoms with Gasteiger partial charge in [-0.2, -0.15) is 0 Å². The molecule has 1 aromatic rings. The Morgan fingerprint density at radius 1 is 1.25 bits per heavy atom. The highest BCUT2D eigenvalue weighted by Gasteiger charge is 2.32. The van der Waals surface area contributed by atoms with Crippen LogP contribution in [0.3, 0.4) is 0 Å². The Kier molecular flexibility index (Phi) is 6.00. The van der Waals surface area contributed by atoms with Crippen LogP contribution in [0.2, 0.25) is 0 Å². The van der Waals surface area contributed by atoms with Gasteiger partial charge in [0.15, 0.2) is 0 Å². The number of hydrogen-bond donors (Lipinski definition) is 1. The Morgan fingerprint density at radius 3 is 2.71 bits per heavy atom. The van der Waals surface area contributed by atoms with E-state index in [2.05, 4.69) is 5.32 Å². The molecule has 3 amide bonds. The van der Waals surface area contributed by atoms with Gasteiger partial charge in [-0.3, -0.25) is 14.5 Å². The average molecular weight is 335 g/mol. The lowest BCUT2D eigenvalue weighted by atomic mass is 10.2. The summed E-state index contributed by atoms with van der Waals surface area (Å²) in [5.74, 6) is -0.313. The lowest BCUT2D eigenvalue weighted by Gasteiger charge is -2.20. The fraction of sp³-hybridized carbons (Fsp3) is 0.438. The van der Waals surface area contributed by atoms with Crippen molar-refractivity contribution in [1.29, 1.82) is 0 Å². The maximum atomic E-state index is 12.5. The third-order valence-corrected chi connectivity index (χ3v) is 3.54. The fourth-order valence-corrected chi connectivity index (χ4v) is 2.42. The highest BCUT2D eigenvalue weighted by Crippen LogP contribution is 2.30. The molecule has 1 aromatic carbocycles. The Hall–Kier alpha value is -2.77. The van der Waals surface area contributed by atoms with E-state index < -0.39 is 11.9 Å². The highest BCUT2D eigenvalue weighted by molar-refractivity contribution is 5.97. The normalized spacial score (nSPS) is 13.8. The molecule has 2 rings (SSSR count). The second-order valence-electron chi connectivity index (χ2n) is 5.11. The maximum Gasteiger partial charge on any atom is 0.325 e. The van der Waals surface area contributed by atoms with Gasteiger partial charge < -0.3 is 19.7 Å². The van der Waals surface area contributed by atoms with Crippen molar-refractivity contribution in [2.45, 2.75) is 6.92 Å². The molecule has 130 valence electrons. The topological polar surface area (TPSA) is 88.2 Å². The molecule has 0 atom stereocenters. The summed E-state index contributed by atoms with van der Waals surface area (Å²) in [6, 6.07) is 6.94. The minimum absolute atomic E-state index is 0.107. The average Bonchev–Trinajstić information content (AvgIpc) is 2.94. The van der Waals surface area contributed by atoms with Crippen molar-refractivity contribution in [2.75, 3.05) is 44.8 Å². The molecule has 24 heavy (non-hydrogen) atoms. The van der Waals surface area contributed by atoms with Crippen LogP contribution in [0.5, 0.6) is 5.75 Å². The molecule has 1 aliphatic heterocycles. The van der Waals surface area contributed by atoms with Gasteiger partial charge in [0.25, 0.3) is 0 Å². The number of ether oxygens (including phenoxy) is 2. The van der Waals surface area contributed by atoms with Gasteiger partial charge in [0.2, 0.25) is 5.91 Å². The first-order chi connectivity index (χ1) is 11.6. The molecule has 8 heteroatoms. The van der Waals surface area contributed by atoms with Gasteiger partial charge in [0.05, 0.1) is 19.4 Å². The number of methoxy groups -OCH3 is 1. The molecule has 0 unspecified atom stereocenters. The molecular weight excluding hydrogens is 314 g/mol. The molecule has 1 saturated heterocycles. The summed E-state index contributed by atoms with van der Waals surface area (Å²) in [6.07, 6.45) is 0. The van der Waals surface area contributed by atoms with E-state index in [0.29, 0.717) is 24.5 Å². The summed E-state index contributed by atoms with van der Waals surface area (Å²) in [4.78, 5) is 38.5. The Balaban J connectivity index is 1.92. The zero-order chi connectivity index (χ0) is 17.5. The molecule has 0 aliphatic carbocycles. The van der Waals surface area contributed by atoms with Crippen molar-refractivity contribution in [1.82, 2.24) is 10.2 Å². The number of anilines is 1. The number of amides is 3. The number of para-hydroxylation sites is 2. The van der Waals surface area contributed by atoms with Crippen LogP contribution >= 0.6 is 0 Å². The second kappa shape index (κ2) is 8.19. The van der Waals surface area contributed by atoms with Crippen LogP contribution in [-0.4, -0.2) is 62.7 Å². The summed E-state index contributed by atoms with van der Waals surface area (Å²) in [6.45, 7) is 2.52. The van der Waals surface area contributed by atoms with E-state index in [1.54, 1.807) is 31.1 Å². The summed E-state index contributed by atoms with van der Waals surface area (Å²) in [5, 5.41) is 2.44. The summed E-state index contributed by atoms with van der Waals surface area (Å²) in [7, 11) is 1.54. The maximum absolute atomic E-state index is 12.5. The summed E-state index contributed by atoms with van der Waals surface area (Å²) in [5.41, 5.74) is 0.666. The molecule has 0 radical (unpaired) electrons. The lowest BCUT2D eigenvalue weighted by Crippen LogP contribution is -2.41.